The van der Waals surface area contributed by atoms with Crippen molar-refractivity contribution in [1.82, 2.24) is 4.98 Å². The zero-order chi connectivity index (χ0) is 13.0. The van der Waals surface area contributed by atoms with E-state index in [0.29, 0.717) is 10.0 Å². The molecule has 0 saturated carbocycles. The molecule has 0 bridgehead atoms. The molecule has 1 heterocycles. The number of primary amides is 1. The third-order valence-electron chi connectivity index (χ3n) is 2.35. The molecule has 1 aromatic carbocycles. The quantitative estimate of drug-likeness (QED) is 0.879. The van der Waals surface area contributed by atoms with E-state index in [1.54, 1.807) is 24.2 Å². The first kappa shape index (κ1) is 13.1. The summed E-state index contributed by atoms with van der Waals surface area (Å²) in [7, 11) is 0. The molecule has 0 radical (unpaired) electrons. The van der Waals surface area contributed by atoms with E-state index in [1.807, 2.05) is 30.3 Å². The first-order chi connectivity index (χ1) is 8.68. The Hall–Kier alpha value is -1.33. The Labute approximate surface area is 118 Å². The van der Waals surface area contributed by atoms with Crippen molar-refractivity contribution < 1.29 is 4.79 Å². The molecule has 0 aliphatic carbocycles. The normalized spacial score (nSPS) is 10.3. The number of nitrogens with zero attached hydrogens (tertiary/aromatic N) is 1. The van der Waals surface area contributed by atoms with Gasteiger partial charge in [-0.05, 0) is 21.5 Å². The third kappa shape index (κ3) is 3.11. The molecule has 5 heteroatoms. The molecule has 0 saturated heterocycles. The summed E-state index contributed by atoms with van der Waals surface area (Å²) in [5, 5.41) is 0. The number of halogens is 1. The fourth-order valence-electron chi connectivity index (χ4n) is 1.50. The number of thioether (sulfide) groups is 1. The number of hydrogen-bond acceptors (Lipinski definition) is 3. The van der Waals surface area contributed by atoms with Crippen LogP contribution in [0.5, 0.6) is 0 Å². The van der Waals surface area contributed by atoms with Gasteiger partial charge in [0.2, 0.25) is 0 Å². The first-order valence-corrected chi connectivity index (χ1v) is 7.06. The van der Waals surface area contributed by atoms with Crippen LogP contribution < -0.4 is 5.73 Å². The molecule has 0 fully saturated rings. The molecule has 2 aromatic rings. The van der Waals surface area contributed by atoms with Gasteiger partial charge < -0.3 is 5.73 Å². The molecule has 2 rings (SSSR count). The van der Waals surface area contributed by atoms with Crippen LogP contribution in [0.15, 0.2) is 52.1 Å². The summed E-state index contributed by atoms with van der Waals surface area (Å²) in [6.45, 7) is 0. The molecule has 18 heavy (non-hydrogen) atoms. The maximum atomic E-state index is 11.4. The van der Waals surface area contributed by atoms with Gasteiger partial charge in [-0.15, -0.1) is 11.8 Å². The lowest BCUT2D eigenvalue weighted by Crippen LogP contribution is -2.13. The van der Waals surface area contributed by atoms with Crippen molar-refractivity contribution in [3.05, 3.63) is 58.3 Å². The second kappa shape index (κ2) is 6.02. The van der Waals surface area contributed by atoms with Crippen molar-refractivity contribution >= 4 is 33.6 Å². The molecule has 0 unspecified atom stereocenters. The molecule has 1 aromatic heterocycles. The number of benzene rings is 1. The predicted molar refractivity (Wildman–Crippen MR) is 76.5 cm³/mol. The lowest BCUT2D eigenvalue weighted by molar-refractivity contribution is 0.0996. The Morgan fingerprint density at radius 1 is 1.28 bits per heavy atom. The fraction of sp³-hybridized carbons (Fsp3) is 0.0769. The highest BCUT2D eigenvalue weighted by molar-refractivity contribution is 9.10. The molecule has 3 nitrogen and oxygen atoms in total. The Kier molecular flexibility index (Phi) is 4.38. The van der Waals surface area contributed by atoms with Crippen molar-refractivity contribution in [2.45, 2.75) is 10.6 Å². The smallest absolute Gasteiger partial charge is 0.251 e. The van der Waals surface area contributed by atoms with E-state index in [-0.39, 0.29) is 0 Å². The van der Waals surface area contributed by atoms with Crippen LogP contribution in [0.4, 0.5) is 0 Å². The van der Waals surface area contributed by atoms with E-state index < -0.39 is 5.91 Å². The lowest BCUT2D eigenvalue weighted by atomic mass is 10.2. The summed E-state index contributed by atoms with van der Waals surface area (Å²) in [6.07, 6.45) is 3.24. The zero-order valence-corrected chi connectivity index (χ0v) is 11.9. The minimum atomic E-state index is -0.445. The average molecular weight is 323 g/mol. The minimum absolute atomic E-state index is 0.445. The van der Waals surface area contributed by atoms with Gasteiger partial charge in [-0.1, -0.05) is 30.3 Å². The highest BCUT2D eigenvalue weighted by atomic mass is 79.9. The summed E-state index contributed by atoms with van der Waals surface area (Å²) in [5.74, 6) is 0.332. The molecule has 0 atom stereocenters. The second-order valence-electron chi connectivity index (χ2n) is 3.63. The molecule has 92 valence electrons. The van der Waals surface area contributed by atoms with Crippen LogP contribution >= 0.6 is 27.7 Å². The number of aromatic nitrogens is 1. The second-order valence-corrected chi connectivity index (χ2v) is 5.50. The van der Waals surface area contributed by atoms with Crippen LogP contribution in [-0.2, 0) is 5.75 Å². The molecular formula is C13H11BrN2OS. The minimum Gasteiger partial charge on any atom is -0.366 e. The van der Waals surface area contributed by atoms with Gasteiger partial charge in [-0.3, -0.25) is 9.78 Å². The van der Waals surface area contributed by atoms with Gasteiger partial charge in [0.05, 0.1) is 5.56 Å². The number of amides is 1. The van der Waals surface area contributed by atoms with E-state index in [9.17, 15) is 4.79 Å². The topological polar surface area (TPSA) is 56.0 Å². The first-order valence-electron chi connectivity index (χ1n) is 5.28. The highest BCUT2D eigenvalue weighted by Crippen LogP contribution is 2.29. The Morgan fingerprint density at radius 2 is 2.00 bits per heavy atom. The number of carbonyl (C=O) groups excluding carboxylic acids is 1. The summed E-state index contributed by atoms with van der Waals surface area (Å²) >= 11 is 4.85. The number of nitrogens with two attached hydrogens (primary N) is 1. The van der Waals surface area contributed by atoms with Crippen LogP contribution in [-0.4, -0.2) is 10.9 Å². The van der Waals surface area contributed by atoms with Gasteiger partial charge in [0.25, 0.3) is 5.91 Å². The molecule has 0 aliphatic rings. The SMILES string of the molecule is NC(=O)c1c(Br)cncc1SCc1ccccc1. The summed E-state index contributed by atoms with van der Waals surface area (Å²) < 4.78 is 0.632. The Morgan fingerprint density at radius 3 is 2.67 bits per heavy atom. The number of pyridine rings is 1. The number of rotatable bonds is 4. The van der Waals surface area contributed by atoms with E-state index in [1.165, 1.54) is 5.56 Å². The molecule has 0 aliphatic heterocycles. The number of hydrogen-bond donors (Lipinski definition) is 1. The third-order valence-corrected chi connectivity index (χ3v) is 4.05. The largest absolute Gasteiger partial charge is 0.366 e. The molecular weight excluding hydrogens is 312 g/mol. The van der Waals surface area contributed by atoms with Crippen LogP contribution in [0.2, 0.25) is 0 Å². The van der Waals surface area contributed by atoms with Gasteiger partial charge in [-0.25, -0.2) is 0 Å². The maximum absolute atomic E-state index is 11.4. The summed E-state index contributed by atoms with van der Waals surface area (Å²) in [5.41, 5.74) is 7.06. The van der Waals surface area contributed by atoms with E-state index in [2.05, 4.69) is 20.9 Å². The Bertz CT molecular complexity index is 560. The van der Waals surface area contributed by atoms with Gasteiger partial charge in [0, 0.05) is 27.5 Å². The highest BCUT2D eigenvalue weighted by Gasteiger charge is 2.13. The standard InChI is InChI=1S/C13H11BrN2OS/c14-10-6-16-7-11(12(10)13(15)17)18-8-9-4-2-1-3-5-9/h1-7H,8H2,(H2,15,17). The van der Waals surface area contributed by atoms with Crippen LogP contribution in [0.3, 0.4) is 0 Å². The molecule has 0 spiro atoms. The Balaban J connectivity index is 2.20. The van der Waals surface area contributed by atoms with Crippen LogP contribution in [0, 0.1) is 0 Å². The van der Waals surface area contributed by atoms with Crippen molar-refractivity contribution in [3.8, 4) is 0 Å². The van der Waals surface area contributed by atoms with Crippen molar-refractivity contribution in [2.75, 3.05) is 0 Å². The maximum Gasteiger partial charge on any atom is 0.251 e. The van der Waals surface area contributed by atoms with Crippen molar-refractivity contribution in [1.29, 1.82) is 0 Å². The summed E-state index contributed by atoms with van der Waals surface area (Å²) in [4.78, 5) is 16.3. The molecule has 1 amide bonds. The zero-order valence-electron chi connectivity index (χ0n) is 9.47. The van der Waals surface area contributed by atoms with Gasteiger partial charge in [0.1, 0.15) is 0 Å². The van der Waals surface area contributed by atoms with Gasteiger partial charge in [-0.2, -0.15) is 0 Å². The predicted octanol–water partition coefficient (Wildman–Crippen LogP) is 3.24. The average Bonchev–Trinajstić information content (AvgIpc) is 2.37. The van der Waals surface area contributed by atoms with Crippen LogP contribution in [0.25, 0.3) is 0 Å². The van der Waals surface area contributed by atoms with Crippen molar-refractivity contribution in [2.24, 2.45) is 5.73 Å². The lowest BCUT2D eigenvalue weighted by Gasteiger charge is -2.07. The van der Waals surface area contributed by atoms with Crippen LogP contribution in [0.1, 0.15) is 15.9 Å². The van der Waals surface area contributed by atoms with E-state index >= 15 is 0 Å². The van der Waals surface area contributed by atoms with Gasteiger partial charge >= 0.3 is 0 Å². The van der Waals surface area contributed by atoms with E-state index in [0.717, 1.165) is 10.6 Å². The van der Waals surface area contributed by atoms with E-state index in [4.69, 9.17) is 5.73 Å². The number of carbonyl (C=O) groups is 1. The van der Waals surface area contributed by atoms with Gasteiger partial charge in [0.15, 0.2) is 0 Å². The fourth-order valence-corrected chi connectivity index (χ4v) is 3.16. The molecule has 2 N–H and O–H groups in total. The van der Waals surface area contributed by atoms with Crippen molar-refractivity contribution in [3.63, 3.8) is 0 Å². The summed E-state index contributed by atoms with van der Waals surface area (Å²) in [6, 6.07) is 10.0. The monoisotopic (exact) mass is 322 g/mol.